The number of hydrogen-bond donors (Lipinski definition) is 2. The van der Waals surface area contributed by atoms with Crippen molar-refractivity contribution in [2.24, 2.45) is 0 Å². The van der Waals surface area contributed by atoms with Gasteiger partial charge in [-0.05, 0) is 64.9 Å². The average molecular weight is 313 g/mol. The predicted octanol–water partition coefficient (Wildman–Crippen LogP) is 1.98. The number of nitrogen functional groups attached to an aromatic ring is 1. The number of nitrogens with zero attached hydrogens (tertiary/aromatic N) is 1. The third kappa shape index (κ3) is 5.30. The lowest BCUT2D eigenvalue weighted by atomic mass is 10.2. The highest BCUT2D eigenvalue weighted by atomic mass is 32.2. The molecule has 0 aliphatic rings. The van der Waals surface area contributed by atoms with Gasteiger partial charge in [0.15, 0.2) is 0 Å². The Bertz CT molecular complexity index is 556. The van der Waals surface area contributed by atoms with E-state index in [4.69, 9.17) is 5.73 Å². The van der Waals surface area contributed by atoms with Crippen LogP contribution in [0.1, 0.15) is 32.3 Å². The normalized spacial score (nSPS) is 12.3. The van der Waals surface area contributed by atoms with Gasteiger partial charge in [-0.2, -0.15) is 0 Å². The molecule has 0 radical (unpaired) electrons. The molecule has 5 nitrogen and oxygen atoms in total. The molecule has 0 spiro atoms. The molecule has 0 heterocycles. The van der Waals surface area contributed by atoms with Gasteiger partial charge in [-0.3, -0.25) is 0 Å². The van der Waals surface area contributed by atoms with Crippen molar-refractivity contribution in [2.75, 3.05) is 25.9 Å². The molecule has 0 fully saturated rings. The number of nitrogens with two attached hydrogens (primary N) is 1. The first-order chi connectivity index (χ1) is 9.75. The van der Waals surface area contributed by atoms with E-state index in [-0.39, 0.29) is 4.90 Å². The van der Waals surface area contributed by atoms with E-state index >= 15 is 0 Å². The Balaban J connectivity index is 2.49. The standard InChI is InChI=1S/C15H27N3O2S/c1-12(2)18(4)11-6-5-10-17-21(19,20)15-9-7-8-14(16)13(15)3/h7-9,12,17H,5-6,10-11,16H2,1-4H3. The van der Waals surface area contributed by atoms with E-state index in [2.05, 4.69) is 30.5 Å². The maximum absolute atomic E-state index is 12.2. The van der Waals surface area contributed by atoms with Crippen LogP contribution in [0.4, 0.5) is 5.69 Å². The predicted molar refractivity (Wildman–Crippen MR) is 87.8 cm³/mol. The molecule has 21 heavy (non-hydrogen) atoms. The Morgan fingerprint density at radius 1 is 1.29 bits per heavy atom. The molecule has 1 aromatic carbocycles. The van der Waals surface area contributed by atoms with Gasteiger partial charge in [0.05, 0.1) is 4.90 Å². The number of benzene rings is 1. The molecule has 0 aliphatic carbocycles. The molecule has 0 saturated carbocycles. The topological polar surface area (TPSA) is 75.4 Å². The van der Waals surface area contributed by atoms with Gasteiger partial charge in [0.25, 0.3) is 0 Å². The summed E-state index contributed by atoms with van der Waals surface area (Å²) in [5.41, 5.74) is 6.86. The fraction of sp³-hybridized carbons (Fsp3) is 0.600. The molecule has 0 aromatic heterocycles. The lowest BCUT2D eigenvalue weighted by molar-refractivity contribution is 0.268. The van der Waals surface area contributed by atoms with E-state index < -0.39 is 10.0 Å². The minimum atomic E-state index is -3.47. The van der Waals surface area contributed by atoms with Crippen LogP contribution in [0.5, 0.6) is 0 Å². The maximum atomic E-state index is 12.2. The second-order valence-electron chi connectivity index (χ2n) is 5.65. The van der Waals surface area contributed by atoms with Gasteiger partial charge in [-0.25, -0.2) is 13.1 Å². The maximum Gasteiger partial charge on any atom is 0.240 e. The number of sulfonamides is 1. The summed E-state index contributed by atoms with van der Waals surface area (Å²) >= 11 is 0. The largest absolute Gasteiger partial charge is 0.398 e. The summed E-state index contributed by atoms with van der Waals surface area (Å²) in [6.07, 6.45) is 1.78. The molecule has 0 saturated heterocycles. The Kier molecular flexibility index (Phi) is 6.64. The first-order valence-electron chi connectivity index (χ1n) is 7.30. The summed E-state index contributed by atoms with van der Waals surface area (Å²) in [6, 6.07) is 5.46. The van der Waals surface area contributed by atoms with E-state index in [9.17, 15) is 8.42 Å². The number of nitrogens with one attached hydrogen (secondary N) is 1. The molecule has 0 aliphatic heterocycles. The van der Waals surface area contributed by atoms with Crippen LogP contribution in [-0.2, 0) is 10.0 Å². The van der Waals surface area contributed by atoms with E-state index in [0.29, 0.717) is 23.8 Å². The monoisotopic (exact) mass is 313 g/mol. The number of unbranched alkanes of at least 4 members (excludes halogenated alkanes) is 1. The highest BCUT2D eigenvalue weighted by Crippen LogP contribution is 2.20. The molecule has 0 unspecified atom stereocenters. The van der Waals surface area contributed by atoms with Gasteiger partial charge in [-0.1, -0.05) is 6.07 Å². The first kappa shape index (κ1) is 17.9. The third-order valence-corrected chi connectivity index (χ3v) is 5.33. The number of anilines is 1. The van der Waals surface area contributed by atoms with Gasteiger partial charge in [0.2, 0.25) is 10.0 Å². The fourth-order valence-electron chi connectivity index (χ4n) is 1.95. The zero-order chi connectivity index (χ0) is 16.0. The van der Waals surface area contributed by atoms with Crippen molar-refractivity contribution in [1.29, 1.82) is 0 Å². The number of rotatable bonds is 8. The Hall–Kier alpha value is -1.11. The molecule has 3 N–H and O–H groups in total. The summed E-state index contributed by atoms with van der Waals surface area (Å²) in [5, 5.41) is 0. The van der Waals surface area contributed by atoms with Crippen LogP contribution in [0.2, 0.25) is 0 Å². The summed E-state index contributed by atoms with van der Waals surface area (Å²) in [4.78, 5) is 2.51. The van der Waals surface area contributed by atoms with Crippen molar-refractivity contribution < 1.29 is 8.42 Å². The molecule has 6 heteroatoms. The van der Waals surface area contributed by atoms with Crippen molar-refractivity contribution in [3.05, 3.63) is 23.8 Å². The van der Waals surface area contributed by atoms with Gasteiger partial charge < -0.3 is 10.6 Å². The molecular formula is C15H27N3O2S. The summed E-state index contributed by atoms with van der Waals surface area (Å²) < 4.78 is 27.1. The minimum absolute atomic E-state index is 0.266. The van der Waals surface area contributed by atoms with Gasteiger partial charge in [0, 0.05) is 18.3 Å². The molecule has 0 atom stereocenters. The van der Waals surface area contributed by atoms with Crippen molar-refractivity contribution >= 4 is 15.7 Å². The highest BCUT2D eigenvalue weighted by molar-refractivity contribution is 7.89. The fourth-order valence-corrected chi connectivity index (χ4v) is 3.30. The Labute approximate surface area is 128 Å². The first-order valence-corrected chi connectivity index (χ1v) is 8.79. The van der Waals surface area contributed by atoms with Crippen LogP contribution in [0.15, 0.2) is 23.1 Å². The van der Waals surface area contributed by atoms with E-state index in [1.54, 1.807) is 25.1 Å². The van der Waals surface area contributed by atoms with Crippen molar-refractivity contribution in [1.82, 2.24) is 9.62 Å². The van der Waals surface area contributed by atoms with Crippen LogP contribution in [0.25, 0.3) is 0 Å². The van der Waals surface area contributed by atoms with Crippen molar-refractivity contribution in [3.8, 4) is 0 Å². The zero-order valence-corrected chi connectivity index (χ0v) is 14.2. The highest BCUT2D eigenvalue weighted by Gasteiger charge is 2.17. The van der Waals surface area contributed by atoms with Gasteiger partial charge in [0.1, 0.15) is 0 Å². The lowest BCUT2D eigenvalue weighted by Crippen LogP contribution is -2.29. The Morgan fingerprint density at radius 3 is 2.57 bits per heavy atom. The molecule has 1 rings (SSSR count). The van der Waals surface area contributed by atoms with Crippen molar-refractivity contribution in [3.63, 3.8) is 0 Å². The molecule has 1 aromatic rings. The lowest BCUT2D eigenvalue weighted by Gasteiger charge is -2.20. The molecule has 120 valence electrons. The SMILES string of the molecule is Cc1c(N)cccc1S(=O)(=O)NCCCCN(C)C(C)C. The van der Waals surface area contributed by atoms with Gasteiger partial charge in [-0.15, -0.1) is 0 Å². The second-order valence-corrected chi connectivity index (χ2v) is 7.38. The molecule has 0 amide bonds. The minimum Gasteiger partial charge on any atom is -0.398 e. The van der Waals surface area contributed by atoms with E-state index in [1.165, 1.54) is 0 Å². The summed E-state index contributed by atoms with van der Waals surface area (Å²) in [6.45, 7) is 7.43. The molecular weight excluding hydrogens is 286 g/mol. The van der Waals surface area contributed by atoms with Crippen LogP contribution < -0.4 is 10.5 Å². The Morgan fingerprint density at radius 2 is 1.95 bits per heavy atom. The van der Waals surface area contributed by atoms with E-state index in [1.807, 2.05) is 0 Å². The number of hydrogen-bond acceptors (Lipinski definition) is 4. The molecule has 0 bridgehead atoms. The second kappa shape index (κ2) is 7.77. The van der Waals surface area contributed by atoms with Crippen LogP contribution in [0.3, 0.4) is 0 Å². The van der Waals surface area contributed by atoms with E-state index in [0.717, 1.165) is 19.4 Å². The smallest absolute Gasteiger partial charge is 0.240 e. The van der Waals surface area contributed by atoms with Crippen LogP contribution in [0, 0.1) is 6.92 Å². The summed E-state index contributed by atoms with van der Waals surface area (Å²) in [7, 11) is -1.40. The van der Waals surface area contributed by atoms with Gasteiger partial charge >= 0.3 is 0 Å². The van der Waals surface area contributed by atoms with Crippen LogP contribution in [-0.4, -0.2) is 39.5 Å². The summed E-state index contributed by atoms with van der Waals surface area (Å²) in [5.74, 6) is 0. The zero-order valence-electron chi connectivity index (χ0n) is 13.4. The quantitative estimate of drug-likeness (QED) is 0.568. The van der Waals surface area contributed by atoms with Crippen molar-refractivity contribution in [2.45, 2.75) is 44.6 Å². The third-order valence-electron chi connectivity index (χ3n) is 3.73. The average Bonchev–Trinajstić information content (AvgIpc) is 2.40. The van der Waals surface area contributed by atoms with Crippen LogP contribution >= 0.6 is 0 Å².